The monoisotopic (exact) mass is 362 g/mol. The summed E-state index contributed by atoms with van der Waals surface area (Å²) in [6, 6.07) is 0.228. The third kappa shape index (κ3) is 1.75. The summed E-state index contributed by atoms with van der Waals surface area (Å²) >= 11 is 0. The minimum Gasteiger partial charge on any atom is -0.390 e. The van der Waals surface area contributed by atoms with Crippen molar-refractivity contribution in [2.75, 3.05) is 20.1 Å². The van der Waals surface area contributed by atoms with E-state index in [0.717, 1.165) is 42.6 Å². The number of Topliss-reactive ketones (excluding diaryl/α,β-unsaturated/α-hetero) is 1. The lowest BCUT2D eigenvalue weighted by atomic mass is 9.42. The first-order valence-corrected chi connectivity index (χ1v) is 10.8. The number of carbonyl (C=O) groups is 1. The van der Waals surface area contributed by atoms with Crippen LogP contribution in [0.5, 0.6) is 0 Å². The van der Waals surface area contributed by atoms with Gasteiger partial charge in [0, 0.05) is 36.5 Å². The van der Waals surface area contributed by atoms with Crippen molar-refractivity contribution in [1.29, 1.82) is 0 Å². The molecule has 0 amide bonds. The third-order valence-corrected chi connectivity index (χ3v) is 9.52. The van der Waals surface area contributed by atoms with E-state index >= 15 is 0 Å². The first-order valence-electron chi connectivity index (χ1n) is 10.8. The molecule has 5 nitrogen and oxygen atoms in total. The predicted molar refractivity (Wildman–Crippen MR) is 94.2 cm³/mol. The highest BCUT2D eigenvalue weighted by Gasteiger charge is 2.80. The molecule has 6 fully saturated rings. The van der Waals surface area contributed by atoms with Crippen LogP contribution >= 0.6 is 0 Å². The van der Waals surface area contributed by atoms with E-state index in [1.807, 2.05) is 0 Å². The van der Waals surface area contributed by atoms with Crippen LogP contribution in [0.2, 0.25) is 0 Å². The van der Waals surface area contributed by atoms with Gasteiger partial charge in [-0.1, -0.05) is 0 Å². The Hall–Kier alpha value is -0.490. The number of nitrogens with zero attached hydrogens (tertiary/aromatic N) is 1. The van der Waals surface area contributed by atoms with Gasteiger partial charge in [-0.3, -0.25) is 4.79 Å². The molecule has 2 heterocycles. The molecule has 2 bridgehead atoms. The van der Waals surface area contributed by atoms with Crippen molar-refractivity contribution in [3.8, 4) is 0 Å². The van der Waals surface area contributed by atoms with Crippen molar-refractivity contribution >= 4 is 5.78 Å². The number of quaternary nitrogens is 1. The smallest absolute Gasteiger partial charge is 0.162 e. The number of hydrogen-bond acceptors (Lipinski definition) is 4. The fourth-order valence-electron chi connectivity index (χ4n) is 8.35. The maximum Gasteiger partial charge on any atom is 0.162 e. The average Bonchev–Trinajstić information content (AvgIpc) is 3.32. The molecule has 2 saturated heterocycles. The third-order valence-electron chi connectivity index (χ3n) is 9.52. The average molecular weight is 362 g/mol. The number of likely N-dealkylation sites (tertiary alicyclic amines) is 1. The van der Waals surface area contributed by atoms with Crippen molar-refractivity contribution < 1.29 is 24.2 Å². The zero-order chi connectivity index (χ0) is 17.9. The minimum atomic E-state index is -0.805. The molecule has 144 valence electrons. The standard InChI is InChI=1S/C21H32NO4/c1-22(11-12-2-3-12)9-8-20-17-13-4-5-14(23)18(17)26-19(20)15(24)6-7-21(20,25)16(22)10-13/h12-14,16-19,23,25H,2-11H2,1H3/q+1/t13?,14?,16?,17?,18?,19?,20?,21-,22?/m1/s1. The second-order valence-electron chi connectivity index (χ2n) is 10.7. The van der Waals surface area contributed by atoms with Gasteiger partial charge in [-0.25, -0.2) is 0 Å². The molecule has 2 aliphatic heterocycles. The van der Waals surface area contributed by atoms with Crippen molar-refractivity contribution in [2.24, 2.45) is 23.2 Å². The van der Waals surface area contributed by atoms with Gasteiger partial charge in [-0.2, -0.15) is 0 Å². The molecule has 0 aromatic rings. The summed E-state index contributed by atoms with van der Waals surface area (Å²) in [7, 11) is 2.37. The molecule has 9 atom stereocenters. The number of aliphatic hydroxyl groups excluding tert-OH is 1. The number of carbonyl (C=O) groups excluding carboxylic acids is 1. The maximum absolute atomic E-state index is 12.9. The van der Waals surface area contributed by atoms with E-state index in [-0.39, 0.29) is 23.8 Å². The fraction of sp³-hybridized carbons (Fsp3) is 0.952. The molecule has 0 aromatic heterocycles. The van der Waals surface area contributed by atoms with E-state index in [9.17, 15) is 15.0 Å². The molecule has 5 heteroatoms. The second-order valence-corrected chi connectivity index (χ2v) is 10.7. The first kappa shape index (κ1) is 16.5. The van der Waals surface area contributed by atoms with Crippen LogP contribution in [0.1, 0.15) is 51.4 Å². The van der Waals surface area contributed by atoms with Crippen LogP contribution in [0.15, 0.2) is 0 Å². The van der Waals surface area contributed by atoms with Crippen LogP contribution in [-0.2, 0) is 9.53 Å². The number of hydrogen-bond donors (Lipinski definition) is 2. The lowest BCUT2D eigenvalue weighted by Crippen LogP contribution is -2.81. The fourth-order valence-corrected chi connectivity index (χ4v) is 8.35. The predicted octanol–water partition coefficient (Wildman–Crippen LogP) is 1.25. The van der Waals surface area contributed by atoms with Crippen molar-refractivity contribution in [3.05, 3.63) is 0 Å². The number of ether oxygens (including phenoxy) is 1. The van der Waals surface area contributed by atoms with Gasteiger partial charge in [0.25, 0.3) is 0 Å². The topological polar surface area (TPSA) is 66.8 Å². The minimum absolute atomic E-state index is 0.163. The summed E-state index contributed by atoms with van der Waals surface area (Å²) < 4.78 is 7.30. The number of piperidine rings is 1. The highest BCUT2D eigenvalue weighted by molar-refractivity contribution is 5.86. The van der Waals surface area contributed by atoms with Gasteiger partial charge in [-0.05, 0) is 38.0 Å². The van der Waals surface area contributed by atoms with Crippen LogP contribution in [0.3, 0.4) is 0 Å². The van der Waals surface area contributed by atoms with Crippen LogP contribution in [0, 0.1) is 23.2 Å². The molecule has 6 rings (SSSR count). The quantitative estimate of drug-likeness (QED) is 0.726. The van der Waals surface area contributed by atoms with Crippen molar-refractivity contribution in [2.45, 2.75) is 81.3 Å². The van der Waals surface area contributed by atoms with Gasteiger partial charge in [-0.15, -0.1) is 0 Å². The highest BCUT2D eigenvalue weighted by atomic mass is 16.5. The van der Waals surface area contributed by atoms with Crippen LogP contribution < -0.4 is 0 Å². The number of ketones is 1. The van der Waals surface area contributed by atoms with Gasteiger partial charge in [0.2, 0.25) is 0 Å². The van der Waals surface area contributed by atoms with Gasteiger partial charge < -0.3 is 19.4 Å². The number of aliphatic hydroxyl groups is 2. The van der Waals surface area contributed by atoms with Crippen molar-refractivity contribution in [1.82, 2.24) is 0 Å². The highest BCUT2D eigenvalue weighted by Crippen LogP contribution is 2.70. The van der Waals surface area contributed by atoms with E-state index in [0.29, 0.717) is 18.8 Å². The summed E-state index contributed by atoms with van der Waals surface area (Å²) in [5.41, 5.74) is -1.25. The van der Waals surface area contributed by atoms with Crippen molar-refractivity contribution in [3.63, 3.8) is 0 Å². The van der Waals surface area contributed by atoms with Gasteiger partial charge in [0.05, 0.1) is 32.3 Å². The second kappa shape index (κ2) is 4.91. The summed E-state index contributed by atoms with van der Waals surface area (Å²) in [5.74, 6) is 1.66. The Morgan fingerprint density at radius 2 is 2.04 bits per heavy atom. The molecule has 4 aliphatic carbocycles. The molecule has 4 saturated carbocycles. The Morgan fingerprint density at radius 3 is 2.81 bits per heavy atom. The lowest BCUT2D eigenvalue weighted by Gasteiger charge is -2.68. The summed E-state index contributed by atoms with van der Waals surface area (Å²) in [6.07, 6.45) is 6.23. The van der Waals surface area contributed by atoms with Crippen LogP contribution in [0.25, 0.3) is 0 Å². The Bertz CT molecular complexity index is 664. The molecule has 6 aliphatic rings. The molecule has 1 spiro atoms. The van der Waals surface area contributed by atoms with Gasteiger partial charge in [0.15, 0.2) is 5.78 Å². The molecule has 8 unspecified atom stereocenters. The normalized spacial score (nSPS) is 60.7. The van der Waals surface area contributed by atoms with E-state index < -0.39 is 23.2 Å². The van der Waals surface area contributed by atoms with Gasteiger partial charge in [0.1, 0.15) is 17.7 Å². The van der Waals surface area contributed by atoms with E-state index in [1.54, 1.807) is 0 Å². The first-order chi connectivity index (χ1) is 12.4. The Morgan fingerprint density at radius 1 is 1.23 bits per heavy atom. The Balaban J connectivity index is 1.50. The Labute approximate surface area is 155 Å². The molecule has 26 heavy (non-hydrogen) atoms. The SMILES string of the molecule is C[N+]1(CC2CC2)CCC23C4OC5C(O)CCC(CC1[C@]2(O)CCC4=O)C53. The summed E-state index contributed by atoms with van der Waals surface area (Å²) in [4.78, 5) is 12.9. The Kier molecular flexibility index (Phi) is 3.11. The largest absolute Gasteiger partial charge is 0.390 e. The molecule has 0 aromatic carbocycles. The van der Waals surface area contributed by atoms with Crippen LogP contribution in [-0.4, -0.2) is 70.6 Å². The number of rotatable bonds is 2. The zero-order valence-electron chi connectivity index (χ0n) is 15.8. The number of likely N-dealkylation sites (N-methyl/N-ethyl adjacent to an activating group) is 1. The maximum atomic E-state index is 12.9. The van der Waals surface area contributed by atoms with Gasteiger partial charge >= 0.3 is 0 Å². The van der Waals surface area contributed by atoms with E-state index in [2.05, 4.69) is 7.05 Å². The summed E-state index contributed by atoms with van der Waals surface area (Å²) in [6.45, 7) is 2.23. The van der Waals surface area contributed by atoms with Crippen LogP contribution in [0.4, 0.5) is 0 Å². The molecule has 2 N–H and O–H groups in total. The molecular formula is C21H32NO4+. The summed E-state index contributed by atoms with van der Waals surface area (Å²) in [5, 5.41) is 22.9. The lowest BCUT2D eigenvalue weighted by molar-refractivity contribution is -0.954. The van der Waals surface area contributed by atoms with E-state index in [4.69, 9.17) is 4.74 Å². The van der Waals surface area contributed by atoms with E-state index in [1.165, 1.54) is 19.4 Å². The molecule has 0 radical (unpaired) electrons. The molecular weight excluding hydrogens is 330 g/mol. The zero-order valence-corrected chi connectivity index (χ0v) is 15.8.